The van der Waals surface area contributed by atoms with Gasteiger partial charge in [-0.1, -0.05) is 37.8 Å². The number of amides is 1. The molecule has 0 radical (unpaired) electrons. The van der Waals surface area contributed by atoms with Crippen molar-refractivity contribution in [2.45, 2.75) is 45.1 Å². The van der Waals surface area contributed by atoms with Crippen LogP contribution in [-0.4, -0.2) is 66.2 Å². The molecule has 26 heavy (non-hydrogen) atoms. The fraction of sp³-hybridized carbons (Fsp3) is 0.667. The first-order valence-corrected chi connectivity index (χ1v) is 10.1. The smallest absolute Gasteiger partial charge is 0.257 e. The molecule has 1 aromatic rings. The zero-order chi connectivity index (χ0) is 18.4. The first-order valence-electron chi connectivity index (χ1n) is 10.1. The normalized spacial score (nSPS) is 20.3. The van der Waals surface area contributed by atoms with Crippen LogP contribution in [-0.2, 0) is 0 Å². The number of hydrogen-bond donors (Lipinski definition) is 1. The number of ether oxygens (including phenoxy) is 1. The first kappa shape index (κ1) is 19.2. The van der Waals surface area contributed by atoms with Crippen molar-refractivity contribution in [2.75, 3.05) is 39.3 Å². The third kappa shape index (κ3) is 4.98. The van der Waals surface area contributed by atoms with E-state index in [0.29, 0.717) is 36.9 Å². The molecule has 1 heterocycles. The summed E-state index contributed by atoms with van der Waals surface area (Å²) in [6, 6.07) is 7.47. The van der Waals surface area contributed by atoms with Gasteiger partial charge in [0.15, 0.2) is 0 Å². The van der Waals surface area contributed by atoms with Crippen molar-refractivity contribution in [1.82, 2.24) is 9.80 Å². The van der Waals surface area contributed by atoms with Crippen LogP contribution in [0.15, 0.2) is 24.3 Å². The molecule has 5 nitrogen and oxygen atoms in total. The van der Waals surface area contributed by atoms with Gasteiger partial charge in [-0.2, -0.15) is 0 Å². The average molecular weight is 360 g/mol. The molecular weight excluding hydrogens is 328 g/mol. The number of nitrogens with zero attached hydrogens (tertiary/aromatic N) is 2. The minimum atomic E-state index is -0.237. The van der Waals surface area contributed by atoms with E-state index in [1.54, 1.807) is 0 Å². The maximum Gasteiger partial charge on any atom is 0.257 e. The Balaban J connectivity index is 1.48. The maximum atomic E-state index is 12.8. The molecule has 1 aliphatic carbocycles. The summed E-state index contributed by atoms with van der Waals surface area (Å²) in [6.07, 6.45) is 5.89. The van der Waals surface area contributed by atoms with Crippen LogP contribution in [0.1, 0.15) is 49.4 Å². The fourth-order valence-electron chi connectivity index (χ4n) is 4.23. The highest BCUT2D eigenvalue weighted by molar-refractivity contribution is 5.97. The lowest BCUT2D eigenvalue weighted by Gasteiger charge is -2.36. The third-order valence-electron chi connectivity index (χ3n) is 5.63. The average Bonchev–Trinajstić information content (AvgIpc) is 3.15. The van der Waals surface area contributed by atoms with Crippen LogP contribution in [0.3, 0.4) is 0 Å². The van der Waals surface area contributed by atoms with Gasteiger partial charge < -0.3 is 14.7 Å². The largest absolute Gasteiger partial charge is 0.493 e. The number of aliphatic hydroxyl groups is 1. The van der Waals surface area contributed by atoms with E-state index in [4.69, 9.17) is 4.74 Å². The SMILES string of the molecule is CCOc1ccccc1C(=O)N1CCN(C[C@H](O)CC2CCCC2)CC1. The molecule has 0 unspecified atom stereocenters. The van der Waals surface area contributed by atoms with E-state index >= 15 is 0 Å². The first-order chi connectivity index (χ1) is 12.7. The Morgan fingerprint density at radius 1 is 1.19 bits per heavy atom. The number of piperazine rings is 1. The van der Waals surface area contributed by atoms with Crippen LogP contribution < -0.4 is 4.74 Å². The third-order valence-corrected chi connectivity index (χ3v) is 5.63. The van der Waals surface area contributed by atoms with Crippen LogP contribution in [0, 0.1) is 5.92 Å². The second kappa shape index (κ2) is 9.38. The van der Waals surface area contributed by atoms with Crippen molar-refractivity contribution in [2.24, 2.45) is 5.92 Å². The number of β-amino-alcohol motifs (C(OH)–C–C–N with tert-alkyl or cyclic N) is 1. The second-order valence-electron chi connectivity index (χ2n) is 7.56. The molecular formula is C21H32N2O3. The maximum absolute atomic E-state index is 12.8. The molecule has 3 rings (SSSR count). The lowest BCUT2D eigenvalue weighted by Crippen LogP contribution is -2.50. The summed E-state index contributed by atoms with van der Waals surface area (Å²) in [5.41, 5.74) is 0.643. The fourth-order valence-corrected chi connectivity index (χ4v) is 4.23. The van der Waals surface area contributed by atoms with Gasteiger partial charge in [0.1, 0.15) is 5.75 Å². The number of carbonyl (C=O) groups is 1. The molecule has 144 valence electrons. The lowest BCUT2D eigenvalue weighted by molar-refractivity contribution is 0.0480. The van der Waals surface area contributed by atoms with E-state index in [-0.39, 0.29) is 12.0 Å². The van der Waals surface area contributed by atoms with E-state index in [0.717, 1.165) is 26.1 Å². The molecule has 1 saturated carbocycles. The summed E-state index contributed by atoms with van der Waals surface area (Å²) >= 11 is 0. The highest BCUT2D eigenvalue weighted by Crippen LogP contribution is 2.28. The Morgan fingerprint density at radius 3 is 2.58 bits per heavy atom. The van der Waals surface area contributed by atoms with Gasteiger partial charge in [-0.05, 0) is 31.4 Å². The van der Waals surface area contributed by atoms with Crippen molar-refractivity contribution in [1.29, 1.82) is 0 Å². The summed E-state index contributed by atoms with van der Waals surface area (Å²) < 4.78 is 5.59. The van der Waals surface area contributed by atoms with Crippen LogP contribution in [0.5, 0.6) is 5.75 Å². The van der Waals surface area contributed by atoms with E-state index in [9.17, 15) is 9.90 Å². The number of rotatable bonds is 7. The molecule has 1 N–H and O–H groups in total. The molecule has 1 amide bonds. The Bertz CT molecular complexity index is 578. The van der Waals surface area contributed by atoms with Gasteiger partial charge in [-0.25, -0.2) is 0 Å². The highest BCUT2D eigenvalue weighted by atomic mass is 16.5. The predicted octanol–water partition coefficient (Wildman–Crippen LogP) is 2.78. The molecule has 2 fully saturated rings. The summed E-state index contributed by atoms with van der Waals surface area (Å²) in [7, 11) is 0. The van der Waals surface area contributed by atoms with Gasteiger partial charge in [0.2, 0.25) is 0 Å². The van der Waals surface area contributed by atoms with Crippen molar-refractivity contribution >= 4 is 5.91 Å². The Morgan fingerprint density at radius 2 is 1.88 bits per heavy atom. The molecule has 0 spiro atoms. The van der Waals surface area contributed by atoms with Gasteiger partial charge in [0, 0.05) is 32.7 Å². The number of aliphatic hydroxyl groups excluding tert-OH is 1. The Labute approximate surface area is 156 Å². The van der Waals surface area contributed by atoms with Crippen molar-refractivity contribution in [3.05, 3.63) is 29.8 Å². The van der Waals surface area contributed by atoms with E-state index in [2.05, 4.69) is 4.90 Å². The highest BCUT2D eigenvalue weighted by Gasteiger charge is 2.26. The minimum absolute atomic E-state index is 0.0419. The molecule has 1 aliphatic heterocycles. The molecule has 0 aromatic heterocycles. The molecule has 1 atom stereocenters. The number of hydrogen-bond acceptors (Lipinski definition) is 4. The van der Waals surface area contributed by atoms with E-state index < -0.39 is 0 Å². The quantitative estimate of drug-likeness (QED) is 0.812. The monoisotopic (exact) mass is 360 g/mol. The van der Waals surface area contributed by atoms with Crippen molar-refractivity contribution in [3.63, 3.8) is 0 Å². The topological polar surface area (TPSA) is 53.0 Å². The second-order valence-corrected chi connectivity index (χ2v) is 7.56. The van der Waals surface area contributed by atoms with Crippen LogP contribution in [0.2, 0.25) is 0 Å². The van der Waals surface area contributed by atoms with Gasteiger partial charge in [-0.3, -0.25) is 9.69 Å². The predicted molar refractivity (Wildman–Crippen MR) is 103 cm³/mol. The van der Waals surface area contributed by atoms with Gasteiger partial charge in [0.05, 0.1) is 18.3 Å². The van der Waals surface area contributed by atoms with E-state index in [1.807, 2.05) is 36.1 Å². The lowest BCUT2D eigenvalue weighted by atomic mass is 9.99. The minimum Gasteiger partial charge on any atom is -0.493 e. The Kier molecular flexibility index (Phi) is 6.92. The molecule has 2 aliphatic rings. The molecule has 5 heteroatoms. The number of para-hydroxylation sites is 1. The van der Waals surface area contributed by atoms with Gasteiger partial charge >= 0.3 is 0 Å². The van der Waals surface area contributed by atoms with Gasteiger partial charge in [0.25, 0.3) is 5.91 Å². The standard InChI is InChI=1S/C21H32N2O3/c1-2-26-20-10-6-5-9-19(20)21(25)23-13-11-22(12-14-23)16-18(24)15-17-7-3-4-8-17/h5-6,9-10,17-18,24H,2-4,7-8,11-16H2,1H3/t18-/m1/s1. The number of carbonyl (C=O) groups excluding carboxylic acids is 1. The molecule has 0 bridgehead atoms. The van der Waals surface area contributed by atoms with E-state index in [1.165, 1.54) is 25.7 Å². The van der Waals surface area contributed by atoms with Crippen LogP contribution in [0.25, 0.3) is 0 Å². The van der Waals surface area contributed by atoms with Crippen LogP contribution >= 0.6 is 0 Å². The summed E-state index contributed by atoms with van der Waals surface area (Å²) in [5.74, 6) is 1.41. The zero-order valence-electron chi connectivity index (χ0n) is 15.9. The summed E-state index contributed by atoms with van der Waals surface area (Å²) in [6.45, 7) is 6.27. The zero-order valence-corrected chi connectivity index (χ0v) is 15.9. The van der Waals surface area contributed by atoms with Crippen molar-refractivity contribution in [3.8, 4) is 5.75 Å². The number of benzene rings is 1. The van der Waals surface area contributed by atoms with Crippen LogP contribution in [0.4, 0.5) is 0 Å². The Hall–Kier alpha value is -1.59. The molecule has 1 saturated heterocycles. The summed E-state index contributed by atoms with van der Waals surface area (Å²) in [4.78, 5) is 17.0. The molecule has 1 aromatic carbocycles. The van der Waals surface area contributed by atoms with Gasteiger partial charge in [-0.15, -0.1) is 0 Å². The summed E-state index contributed by atoms with van der Waals surface area (Å²) in [5, 5.41) is 10.4. The van der Waals surface area contributed by atoms with Crippen molar-refractivity contribution < 1.29 is 14.6 Å².